The lowest BCUT2D eigenvalue weighted by Crippen LogP contribution is -2.08. The van der Waals surface area contributed by atoms with Crippen molar-refractivity contribution < 1.29 is 13.2 Å². The second-order valence-corrected chi connectivity index (χ2v) is 5.88. The molecule has 0 atom stereocenters. The van der Waals surface area contributed by atoms with Crippen molar-refractivity contribution in [2.45, 2.75) is 12.7 Å². The molecule has 0 aliphatic rings. The number of halogens is 3. The maximum atomic E-state index is 12.8. The van der Waals surface area contributed by atoms with E-state index in [-0.39, 0.29) is 18.4 Å². The zero-order chi connectivity index (χ0) is 19.7. The normalized spacial score (nSPS) is 11.7. The fourth-order valence-corrected chi connectivity index (χ4v) is 2.63. The Hall–Kier alpha value is -3.76. The van der Waals surface area contributed by atoms with E-state index in [0.29, 0.717) is 28.0 Å². The molecule has 1 aromatic carbocycles. The number of aromatic amines is 1. The van der Waals surface area contributed by atoms with Gasteiger partial charge in [0.2, 0.25) is 11.9 Å². The van der Waals surface area contributed by atoms with Gasteiger partial charge in [0.1, 0.15) is 0 Å². The summed E-state index contributed by atoms with van der Waals surface area (Å²) in [5.41, 5.74) is 6.81. The lowest BCUT2D eigenvalue weighted by Gasteiger charge is -2.10. The van der Waals surface area contributed by atoms with Crippen LogP contribution in [-0.4, -0.2) is 30.1 Å². The third-order valence-electron chi connectivity index (χ3n) is 3.95. The number of nitrogen functional groups attached to an aromatic ring is 1. The standard InChI is InChI=1S/C17H13F3N8/c18-17(19,20)10-3-1-2-9(6-10)7-24-16-22-5-4-12(25-16)13-11-8-23-15(21)26-14(11)28-27-13/h1-6,8H,7H2,(H,22,24,25)(H3,21,23,26,27,28). The van der Waals surface area contributed by atoms with E-state index < -0.39 is 11.7 Å². The number of alkyl halides is 3. The van der Waals surface area contributed by atoms with Gasteiger partial charge in [-0.3, -0.25) is 5.10 Å². The summed E-state index contributed by atoms with van der Waals surface area (Å²) in [5.74, 6) is 0.366. The minimum atomic E-state index is -4.39. The predicted octanol–water partition coefficient (Wildman–Crippen LogP) is 3.02. The van der Waals surface area contributed by atoms with Gasteiger partial charge in [0, 0.05) is 18.9 Å². The number of benzene rings is 1. The molecule has 0 radical (unpaired) electrons. The van der Waals surface area contributed by atoms with Gasteiger partial charge >= 0.3 is 6.18 Å². The van der Waals surface area contributed by atoms with Crippen LogP contribution in [-0.2, 0) is 12.7 Å². The Morgan fingerprint density at radius 1 is 1.11 bits per heavy atom. The van der Waals surface area contributed by atoms with Gasteiger partial charge in [0.15, 0.2) is 5.65 Å². The van der Waals surface area contributed by atoms with E-state index in [4.69, 9.17) is 5.73 Å². The second kappa shape index (κ2) is 6.76. The molecular weight excluding hydrogens is 373 g/mol. The molecule has 0 amide bonds. The average molecular weight is 386 g/mol. The second-order valence-electron chi connectivity index (χ2n) is 5.88. The first-order chi connectivity index (χ1) is 13.4. The van der Waals surface area contributed by atoms with E-state index in [1.54, 1.807) is 12.1 Å². The lowest BCUT2D eigenvalue weighted by molar-refractivity contribution is -0.137. The third-order valence-corrected chi connectivity index (χ3v) is 3.95. The number of hydrogen-bond donors (Lipinski definition) is 3. The van der Waals surface area contributed by atoms with Crippen LogP contribution in [0.1, 0.15) is 11.1 Å². The third kappa shape index (κ3) is 3.54. The van der Waals surface area contributed by atoms with Crippen LogP contribution >= 0.6 is 0 Å². The number of aromatic nitrogens is 6. The predicted molar refractivity (Wildman–Crippen MR) is 95.9 cm³/mol. The van der Waals surface area contributed by atoms with Crippen molar-refractivity contribution in [3.05, 3.63) is 53.9 Å². The van der Waals surface area contributed by atoms with Crippen molar-refractivity contribution in [2.75, 3.05) is 11.1 Å². The molecule has 3 aromatic heterocycles. The van der Waals surface area contributed by atoms with E-state index in [1.165, 1.54) is 18.5 Å². The highest BCUT2D eigenvalue weighted by Gasteiger charge is 2.30. The van der Waals surface area contributed by atoms with Crippen molar-refractivity contribution in [2.24, 2.45) is 0 Å². The molecule has 0 saturated heterocycles. The van der Waals surface area contributed by atoms with E-state index in [2.05, 4.69) is 35.5 Å². The van der Waals surface area contributed by atoms with E-state index >= 15 is 0 Å². The van der Waals surface area contributed by atoms with Crippen LogP contribution in [0, 0.1) is 0 Å². The fraction of sp³-hybridized carbons (Fsp3) is 0.118. The topological polar surface area (TPSA) is 118 Å². The first kappa shape index (κ1) is 17.6. The van der Waals surface area contributed by atoms with Crippen LogP contribution in [0.4, 0.5) is 25.1 Å². The van der Waals surface area contributed by atoms with Crippen LogP contribution in [0.2, 0.25) is 0 Å². The van der Waals surface area contributed by atoms with Crippen molar-refractivity contribution >= 4 is 22.9 Å². The van der Waals surface area contributed by atoms with Gasteiger partial charge in [0.25, 0.3) is 0 Å². The Labute approximate surface area is 156 Å². The molecule has 0 spiro atoms. The summed E-state index contributed by atoms with van der Waals surface area (Å²) in [6.45, 7) is 0.136. The van der Waals surface area contributed by atoms with Crippen LogP contribution in [0.3, 0.4) is 0 Å². The smallest absolute Gasteiger partial charge is 0.368 e. The number of nitrogens with one attached hydrogen (secondary N) is 2. The van der Waals surface area contributed by atoms with Crippen LogP contribution in [0.5, 0.6) is 0 Å². The Morgan fingerprint density at radius 2 is 1.96 bits per heavy atom. The number of nitrogens with zero attached hydrogens (tertiary/aromatic N) is 5. The maximum Gasteiger partial charge on any atom is 0.416 e. The number of anilines is 2. The van der Waals surface area contributed by atoms with Crippen molar-refractivity contribution in [3.8, 4) is 11.4 Å². The van der Waals surface area contributed by atoms with E-state index in [1.807, 2.05) is 0 Å². The van der Waals surface area contributed by atoms with Gasteiger partial charge in [-0.15, -0.1) is 0 Å². The van der Waals surface area contributed by atoms with Crippen LogP contribution in [0.15, 0.2) is 42.7 Å². The summed E-state index contributed by atoms with van der Waals surface area (Å²) in [7, 11) is 0. The molecule has 28 heavy (non-hydrogen) atoms. The summed E-state index contributed by atoms with van der Waals surface area (Å²) >= 11 is 0. The number of rotatable bonds is 4. The molecule has 0 aliphatic heterocycles. The average Bonchev–Trinajstić information content (AvgIpc) is 3.09. The molecule has 142 valence electrons. The van der Waals surface area contributed by atoms with Gasteiger partial charge in [0.05, 0.1) is 22.3 Å². The van der Waals surface area contributed by atoms with Crippen molar-refractivity contribution in [1.29, 1.82) is 0 Å². The molecule has 8 nitrogen and oxygen atoms in total. The summed E-state index contributed by atoms with van der Waals surface area (Å²) in [6.07, 6.45) is -1.32. The maximum absolute atomic E-state index is 12.8. The highest BCUT2D eigenvalue weighted by atomic mass is 19.4. The quantitative estimate of drug-likeness (QED) is 0.493. The number of hydrogen-bond acceptors (Lipinski definition) is 7. The molecule has 4 N–H and O–H groups in total. The van der Waals surface area contributed by atoms with Crippen molar-refractivity contribution in [1.82, 2.24) is 30.1 Å². The van der Waals surface area contributed by atoms with Gasteiger partial charge in [-0.1, -0.05) is 12.1 Å². The monoisotopic (exact) mass is 386 g/mol. The highest BCUT2D eigenvalue weighted by Crippen LogP contribution is 2.29. The molecule has 4 aromatic rings. The molecular formula is C17H13F3N8. The lowest BCUT2D eigenvalue weighted by atomic mass is 10.1. The summed E-state index contributed by atoms with van der Waals surface area (Å²) in [4.78, 5) is 16.4. The van der Waals surface area contributed by atoms with Crippen LogP contribution in [0.25, 0.3) is 22.4 Å². The Morgan fingerprint density at radius 3 is 2.79 bits per heavy atom. The molecule has 3 heterocycles. The Kier molecular flexibility index (Phi) is 4.26. The zero-order valence-corrected chi connectivity index (χ0v) is 14.2. The summed E-state index contributed by atoms with van der Waals surface area (Å²) in [5, 5.41) is 10.5. The molecule has 4 rings (SSSR count). The molecule has 0 saturated carbocycles. The van der Waals surface area contributed by atoms with E-state index in [9.17, 15) is 13.2 Å². The minimum absolute atomic E-state index is 0.108. The first-order valence-corrected chi connectivity index (χ1v) is 8.10. The Bertz CT molecular complexity index is 1140. The van der Waals surface area contributed by atoms with Gasteiger partial charge in [-0.05, 0) is 23.8 Å². The van der Waals surface area contributed by atoms with Crippen LogP contribution < -0.4 is 11.1 Å². The largest absolute Gasteiger partial charge is 0.416 e. The first-order valence-electron chi connectivity index (χ1n) is 8.10. The highest BCUT2D eigenvalue weighted by molar-refractivity contribution is 5.89. The van der Waals surface area contributed by atoms with E-state index in [0.717, 1.165) is 12.1 Å². The molecule has 0 bridgehead atoms. The molecule has 0 unspecified atom stereocenters. The molecule has 0 aliphatic carbocycles. The zero-order valence-electron chi connectivity index (χ0n) is 14.2. The van der Waals surface area contributed by atoms with Gasteiger partial charge < -0.3 is 11.1 Å². The van der Waals surface area contributed by atoms with Gasteiger partial charge in [-0.2, -0.15) is 23.3 Å². The van der Waals surface area contributed by atoms with Crippen molar-refractivity contribution in [3.63, 3.8) is 0 Å². The number of nitrogens with two attached hydrogens (primary N) is 1. The number of H-pyrrole nitrogens is 1. The minimum Gasteiger partial charge on any atom is -0.368 e. The fourth-order valence-electron chi connectivity index (χ4n) is 2.63. The summed E-state index contributed by atoms with van der Waals surface area (Å²) < 4.78 is 38.5. The number of fused-ring (bicyclic) bond motifs is 1. The SMILES string of the molecule is Nc1ncc2c(-c3ccnc(NCc4cccc(C(F)(F)F)c4)n3)[nH]nc2n1. The summed E-state index contributed by atoms with van der Waals surface area (Å²) in [6, 6.07) is 6.73. The molecule has 11 heteroatoms. The van der Waals surface area contributed by atoms with Gasteiger partial charge in [-0.25, -0.2) is 15.0 Å². The molecule has 0 fully saturated rings. The Balaban J connectivity index is 1.56.